The van der Waals surface area contributed by atoms with E-state index in [1.807, 2.05) is 0 Å². The highest BCUT2D eigenvalue weighted by molar-refractivity contribution is 6.32. The molecule has 2 rings (SSSR count). The van der Waals surface area contributed by atoms with Gasteiger partial charge in [0.15, 0.2) is 5.82 Å². The molecule has 0 amide bonds. The molecule has 0 bridgehead atoms. The number of nitrogens with zero attached hydrogens (tertiary/aromatic N) is 3. The van der Waals surface area contributed by atoms with Crippen molar-refractivity contribution in [3.05, 3.63) is 11.2 Å². The lowest BCUT2D eigenvalue weighted by atomic mass is 10.2. The van der Waals surface area contributed by atoms with Crippen LogP contribution in [0.4, 0.5) is 11.8 Å². The summed E-state index contributed by atoms with van der Waals surface area (Å²) in [7, 11) is 0. The van der Waals surface area contributed by atoms with Gasteiger partial charge in [-0.05, 0) is 20.3 Å². The van der Waals surface area contributed by atoms with E-state index >= 15 is 0 Å². The number of nitrogens with one attached hydrogen (secondary N) is 1. The van der Waals surface area contributed by atoms with Crippen LogP contribution in [0.25, 0.3) is 0 Å². The maximum atomic E-state index is 6.22. The van der Waals surface area contributed by atoms with Gasteiger partial charge in [-0.25, -0.2) is 4.98 Å². The summed E-state index contributed by atoms with van der Waals surface area (Å²) in [4.78, 5) is 10.9. The predicted molar refractivity (Wildman–Crippen MR) is 78.0 cm³/mol. The van der Waals surface area contributed by atoms with Crippen molar-refractivity contribution in [2.75, 3.05) is 29.9 Å². The SMILES string of the molecule is CCCNc1ncc(Cl)c(N2C[C@@H](C)O[C@@H](C)C2)n1. The van der Waals surface area contributed by atoms with Gasteiger partial charge in [-0.2, -0.15) is 4.98 Å². The first-order chi connectivity index (χ1) is 9.10. The minimum Gasteiger partial charge on any atom is -0.372 e. The van der Waals surface area contributed by atoms with E-state index in [4.69, 9.17) is 16.3 Å². The summed E-state index contributed by atoms with van der Waals surface area (Å²) in [6.07, 6.45) is 3.06. The van der Waals surface area contributed by atoms with Crippen LogP contribution < -0.4 is 10.2 Å². The van der Waals surface area contributed by atoms with E-state index in [0.717, 1.165) is 31.9 Å². The second-order valence-corrected chi connectivity index (χ2v) is 5.36. The second kappa shape index (κ2) is 6.39. The Labute approximate surface area is 119 Å². The molecule has 19 heavy (non-hydrogen) atoms. The molecule has 0 spiro atoms. The topological polar surface area (TPSA) is 50.3 Å². The number of halogens is 1. The van der Waals surface area contributed by atoms with Gasteiger partial charge in [0.2, 0.25) is 5.95 Å². The lowest BCUT2D eigenvalue weighted by Gasteiger charge is -2.36. The Morgan fingerprint density at radius 3 is 2.74 bits per heavy atom. The normalized spacial score (nSPS) is 23.5. The number of morpholine rings is 1. The first-order valence-electron chi connectivity index (χ1n) is 6.77. The highest BCUT2D eigenvalue weighted by atomic mass is 35.5. The molecular formula is C13H21ClN4O. The summed E-state index contributed by atoms with van der Waals surface area (Å²) < 4.78 is 5.73. The largest absolute Gasteiger partial charge is 0.372 e. The van der Waals surface area contributed by atoms with E-state index in [0.29, 0.717) is 11.0 Å². The molecule has 106 valence electrons. The molecule has 0 radical (unpaired) electrons. The number of ether oxygens (including phenoxy) is 1. The van der Waals surface area contributed by atoms with E-state index in [1.54, 1.807) is 6.20 Å². The maximum Gasteiger partial charge on any atom is 0.224 e. The van der Waals surface area contributed by atoms with Crippen molar-refractivity contribution in [1.29, 1.82) is 0 Å². The number of aromatic nitrogens is 2. The van der Waals surface area contributed by atoms with Crippen molar-refractivity contribution in [1.82, 2.24) is 9.97 Å². The fourth-order valence-electron chi connectivity index (χ4n) is 2.25. The van der Waals surface area contributed by atoms with Crippen LogP contribution in [-0.2, 0) is 4.74 Å². The zero-order chi connectivity index (χ0) is 13.8. The molecule has 2 heterocycles. The summed E-state index contributed by atoms with van der Waals surface area (Å²) >= 11 is 6.22. The quantitative estimate of drug-likeness (QED) is 0.921. The molecule has 6 heteroatoms. The Balaban J connectivity index is 2.17. The van der Waals surface area contributed by atoms with E-state index in [1.165, 1.54) is 0 Å². The lowest BCUT2D eigenvalue weighted by Crippen LogP contribution is -2.46. The van der Waals surface area contributed by atoms with Crippen molar-refractivity contribution in [2.45, 2.75) is 39.4 Å². The van der Waals surface area contributed by atoms with Gasteiger partial charge in [0.1, 0.15) is 5.02 Å². The molecule has 1 saturated heterocycles. The zero-order valence-electron chi connectivity index (χ0n) is 11.7. The minimum absolute atomic E-state index is 0.182. The maximum absolute atomic E-state index is 6.22. The standard InChI is InChI=1S/C13H21ClN4O/c1-4-5-15-13-16-6-11(14)12(17-13)18-7-9(2)19-10(3)8-18/h6,9-10H,4-5,7-8H2,1-3H3,(H,15,16,17)/t9-,10+. The Bertz CT molecular complexity index is 419. The van der Waals surface area contributed by atoms with Crippen LogP contribution in [0.2, 0.25) is 5.02 Å². The predicted octanol–water partition coefficient (Wildman–Crippen LogP) is 2.57. The first kappa shape index (κ1) is 14.3. The molecule has 1 aliphatic rings. The van der Waals surface area contributed by atoms with Gasteiger partial charge in [0, 0.05) is 19.6 Å². The summed E-state index contributed by atoms with van der Waals surface area (Å²) in [6.45, 7) is 8.69. The van der Waals surface area contributed by atoms with E-state index in [-0.39, 0.29) is 12.2 Å². The molecule has 1 aromatic heterocycles. The van der Waals surface area contributed by atoms with Crippen LogP contribution >= 0.6 is 11.6 Å². The van der Waals surface area contributed by atoms with E-state index in [2.05, 4.69) is 41.0 Å². The number of anilines is 2. The Morgan fingerprint density at radius 2 is 2.11 bits per heavy atom. The number of hydrogen-bond acceptors (Lipinski definition) is 5. The highest BCUT2D eigenvalue weighted by Gasteiger charge is 2.25. The van der Waals surface area contributed by atoms with Crippen LogP contribution in [0.3, 0.4) is 0 Å². The number of rotatable bonds is 4. The van der Waals surface area contributed by atoms with Crippen LogP contribution in [0.5, 0.6) is 0 Å². The molecule has 0 aliphatic carbocycles. The fourth-order valence-corrected chi connectivity index (χ4v) is 2.46. The molecule has 0 aromatic carbocycles. The molecule has 0 saturated carbocycles. The third-order valence-electron chi connectivity index (χ3n) is 2.98. The van der Waals surface area contributed by atoms with Crippen molar-refractivity contribution in [2.24, 2.45) is 0 Å². The zero-order valence-corrected chi connectivity index (χ0v) is 12.4. The average Bonchev–Trinajstić information content (AvgIpc) is 2.36. The molecule has 0 unspecified atom stereocenters. The van der Waals surface area contributed by atoms with Gasteiger partial charge in [0.25, 0.3) is 0 Å². The van der Waals surface area contributed by atoms with E-state index < -0.39 is 0 Å². The molecule has 5 nitrogen and oxygen atoms in total. The smallest absolute Gasteiger partial charge is 0.224 e. The number of hydrogen-bond donors (Lipinski definition) is 1. The monoisotopic (exact) mass is 284 g/mol. The van der Waals surface area contributed by atoms with Gasteiger partial charge in [-0.1, -0.05) is 18.5 Å². The van der Waals surface area contributed by atoms with E-state index in [9.17, 15) is 0 Å². The van der Waals surface area contributed by atoms with Crippen LogP contribution in [0, 0.1) is 0 Å². The van der Waals surface area contributed by atoms with Crippen LogP contribution in [-0.4, -0.2) is 41.8 Å². The summed E-state index contributed by atoms with van der Waals surface area (Å²) in [6, 6.07) is 0. The van der Waals surface area contributed by atoms with Crippen molar-refractivity contribution in [3.8, 4) is 0 Å². The second-order valence-electron chi connectivity index (χ2n) is 4.95. The lowest BCUT2D eigenvalue weighted by molar-refractivity contribution is -0.00545. The molecule has 1 aromatic rings. The van der Waals surface area contributed by atoms with Gasteiger partial charge in [-0.15, -0.1) is 0 Å². The van der Waals surface area contributed by atoms with Crippen molar-refractivity contribution in [3.63, 3.8) is 0 Å². The fraction of sp³-hybridized carbons (Fsp3) is 0.692. The summed E-state index contributed by atoms with van der Waals surface area (Å²) in [5.74, 6) is 1.42. The Morgan fingerprint density at radius 1 is 1.42 bits per heavy atom. The third-order valence-corrected chi connectivity index (χ3v) is 3.24. The summed E-state index contributed by atoms with van der Waals surface area (Å²) in [5, 5.41) is 3.77. The van der Waals surface area contributed by atoms with Crippen LogP contribution in [0.15, 0.2) is 6.20 Å². The Kier molecular flexibility index (Phi) is 4.82. The summed E-state index contributed by atoms with van der Waals surface area (Å²) in [5.41, 5.74) is 0. The van der Waals surface area contributed by atoms with Crippen molar-refractivity contribution >= 4 is 23.4 Å². The highest BCUT2D eigenvalue weighted by Crippen LogP contribution is 2.26. The molecule has 1 fully saturated rings. The minimum atomic E-state index is 0.182. The molecular weight excluding hydrogens is 264 g/mol. The van der Waals surface area contributed by atoms with Gasteiger partial charge >= 0.3 is 0 Å². The Hall–Kier alpha value is -1.07. The average molecular weight is 285 g/mol. The molecule has 1 N–H and O–H groups in total. The van der Waals surface area contributed by atoms with Crippen molar-refractivity contribution < 1.29 is 4.74 Å². The first-order valence-corrected chi connectivity index (χ1v) is 7.14. The third kappa shape index (κ3) is 3.70. The molecule has 2 atom stereocenters. The van der Waals surface area contributed by atoms with Gasteiger partial charge in [-0.3, -0.25) is 0 Å². The molecule has 1 aliphatic heterocycles. The van der Waals surface area contributed by atoms with Gasteiger partial charge < -0.3 is 15.0 Å². The van der Waals surface area contributed by atoms with Crippen LogP contribution in [0.1, 0.15) is 27.2 Å². The van der Waals surface area contributed by atoms with Gasteiger partial charge in [0.05, 0.1) is 18.4 Å².